The lowest BCUT2D eigenvalue weighted by molar-refractivity contribution is 0.101. The zero-order valence-electron chi connectivity index (χ0n) is 19.2. The number of nitrogens with one attached hydrogen (secondary N) is 1. The van der Waals surface area contributed by atoms with Crippen molar-refractivity contribution in [3.05, 3.63) is 60.0 Å². The van der Waals surface area contributed by atoms with Crippen molar-refractivity contribution in [2.75, 3.05) is 16.8 Å². The van der Waals surface area contributed by atoms with E-state index in [-0.39, 0.29) is 17.7 Å². The van der Waals surface area contributed by atoms with Crippen LogP contribution in [0.4, 0.5) is 17.3 Å². The molecule has 0 amide bonds. The van der Waals surface area contributed by atoms with Crippen molar-refractivity contribution in [3.8, 4) is 11.9 Å². The van der Waals surface area contributed by atoms with Gasteiger partial charge in [0.25, 0.3) is 0 Å². The van der Waals surface area contributed by atoms with Gasteiger partial charge in [0.15, 0.2) is 11.6 Å². The van der Waals surface area contributed by atoms with Gasteiger partial charge in [-0.3, -0.25) is 9.36 Å². The number of aromatic nitrogens is 5. The van der Waals surface area contributed by atoms with E-state index in [0.29, 0.717) is 29.6 Å². The zero-order chi connectivity index (χ0) is 23.8. The van der Waals surface area contributed by atoms with Crippen LogP contribution < -0.4 is 10.2 Å². The minimum absolute atomic E-state index is 0.0529. The summed E-state index contributed by atoms with van der Waals surface area (Å²) < 4.78 is 1.90. The summed E-state index contributed by atoms with van der Waals surface area (Å²) in [4.78, 5) is 23.8. The topological polar surface area (TPSA) is 113 Å². The summed E-state index contributed by atoms with van der Waals surface area (Å²) in [5, 5.41) is 20.9. The maximum absolute atomic E-state index is 12.4. The summed E-state index contributed by atoms with van der Waals surface area (Å²) in [7, 11) is 0. The van der Waals surface area contributed by atoms with E-state index in [2.05, 4.69) is 38.4 Å². The molecule has 1 fully saturated rings. The van der Waals surface area contributed by atoms with Crippen molar-refractivity contribution >= 4 is 34.1 Å². The third-order valence-electron chi connectivity index (χ3n) is 6.13. The van der Waals surface area contributed by atoms with E-state index >= 15 is 0 Å². The van der Waals surface area contributed by atoms with Gasteiger partial charge in [0.1, 0.15) is 18.0 Å². The Balaban J connectivity index is 1.55. The maximum Gasteiger partial charge on any atom is 0.163 e. The highest BCUT2D eigenvalue weighted by Crippen LogP contribution is 2.32. The van der Waals surface area contributed by atoms with E-state index in [4.69, 9.17) is 4.98 Å². The fraction of sp³-hybridized carbons (Fsp3) is 0.280. The first-order valence-electron chi connectivity index (χ1n) is 11.2. The van der Waals surface area contributed by atoms with E-state index in [1.165, 1.54) is 0 Å². The second-order valence-corrected chi connectivity index (χ2v) is 8.66. The van der Waals surface area contributed by atoms with Crippen LogP contribution in [0.1, 0.15) is 36.3 Å². The summed E-state index contributed by atoms with van der Waals surface area (Å²) in [6.45, 7) is 6.06. The molecule has 0 spiro atoms. The Morgan fingerprint density at radius 1 is 1.18 bits per heavy atom. The van der Waals surface area contributed by atoms with Gasteiger partial charge < -0.3 is 10.2 Å². The Kier molecular flexibility index (Phi) is 5.42. The van der Waals surface area contributed by atoms with Gasteiger partial charge in [-0.2, -0.15) is 10.4 Å². The second-order valence-electron chi connectivity index (χ2n) is 8.66. The first-order chi connectivity index (χ1) is 16.4. The summed E-state index contributed by atoms with van der Waals surface area (Å²) >= 11 is 0. The number of carbonyl (C=O) groups excluding carboxylic acids is 1. The first-order valence-corrected chi connectivity index (χ1v) is 11.2. The molecule has 1 aliphatic heterocycles. The van der Waals surface area contributed by atoms with Gasteiger partial charge in [-0.05, 0) is 69.7 Å². The molecule has 9 nitrogen and oxygen atoms in total. The lowest BCUT2D eigenvalue weighted by atomic mass is 10.1. The van der Waals surface area contributed by atoms with Crippen molar-refractivity contribution in [1.82, 2.24) is 24.7 Å². The van der Waals surface area contributed by atoms with E-state index in [1.807, 2.05) is 54.0 Å². The maximum atomic E-state index is 12.4. The van der Waals surface area contributed by atoms with Gasteiger partial charge in [0.05, 0.1) is 34.3 Å². The van der Waals surface area contributed by atoms with Crippen molar-refractivity contribution in [2.45, 2.75) is 33.2 Å². The van der Waals surface area contributed by atoms with Gasteiger partial charge in [0.2, 0.25) is 0 Å². The van der Waals surface area contributed by atoms with Crippen LogP contribution in [0.5, 0.6) is 0 Å². The fourth-order valence-electron chi connectivity index (χ4n) is 4.37. The van der Waals surface area contributed by atoms with Crippen LogP contribution in [-0.2, 0) is 0 Å². The lowest BCUT2D eigenvalue weighted by Crippen LogP contribution is -2.29. The number of fused-ring (bicyclic) bond motifs is 1. The first kappa shape index (κ1) is 21.5. The highest BCUT2D eigenvalue weighted by Gasteiger charge is 2.32. The zero-order valence-corrected chi connectivity index (χ0v) is 19.2. The Labute approximate surface area is 197 Å². The Hall–Kier alpha value is -4.32. The number of ketones is 1. The Bertz CT molecular complexity index is 1420. The van der Waals surface area contributed by atoms with Crippen LogP contribution in [0.2, 0.25) is 0 Å². The molecule has 170 valence electrons. The third kappa shape index (κ3) is 3.94. The third-order valence-corrected chi connectivity index (χ3v) is 6.13. The monoisotopic (exact) mass is 452 g/mol. The molecule has 4 heterocycles. The van der Waals surface area contributed by atoms with Crippen LogP contribution in [0.25, 0.3) is 16.9 Å². The van der Waals surface area contributed by atoms with Gasteiger partial charge in [-0.25, -0.2) is 9.97 Å². The molecule has 0 aliphatic carbocycles. The number of hydrogen-bond acceptors (Lipinski definition) is 8. The van der Waals surface area contributed by atoms with Crippen molar-refractivity contribution in [3.63, 3.8) is 0 Å². The largest absolute Gasteiger partial charge is 0.352 e. The van der Waals surface area contributed by atoms with Gasteiger partial charge in [-0.1, -0.05) is 0 Å². The average molecular weight is 453 g/mol. The molecule has 0 bridgehead atoms. The van der Waals surface area contributed by atoms with Crippen molar-refractivity contribution in [2.24, 2.45) is 5.92 Å². The number of nitrogens with zero attached hydrogens (tertiary/aromatic N) is 7. The number of Topliss-reactive ketones (excluding diaryl/α,β-unsaturated/α-hetero) is 1. The molecule has 1 aliphatic rings. The molecule has 1 saturated heterocycles. The summed E-state index contributed by atoms with van der Waals surface area (Å²) in [5.41, 5.74) is 3.93. The number of anilines is 3. The fourth-order valence-corrected chi connectivity index (χ4v) is 4.37. The number of carbonyl (C=O) groups is 1. The predicted octanol–water partition coefficient (Wildman–Crippen LogP) is 4.20. The predicted molar refractivity (Wildman–Crippen MR) is 129 cm³/mol. The van der Waals surface area contributed by atoms with Crippen molar-refractivity contribution < 1.29 is 4.79 Å². The molecule has 0 unspecified atom stereocenters. The molecule has 3 aromatic heterocycles. The van der Waals surface area contributed by atoms with E-state index in [9.17, 15) is 10.1 Å². The Morgan fingerprint density at radius 3 is 2.74 bits per heavy atom. The van der Waals surface area contributed by atoms with E-state index in [1.54, 1.807) is 13.3 Å². The second kappa shape index (κ2) is 8.56. The minimum Gasteiger partial charge on any atom is -0.352 e. The van der Waals surface area contributed by atoms with E-state index in [0.717, 1.165) is 28.8 Å². The standard InChI is InChI=1S/C25H24N8O/c1-15-4-8-23(31-30-15)28-19-5-7-21-22(11-19)33(14-27-21)24-9-6-20(17(3)34)25(29-24)32-13-18(12-26)10-16(32)2/h4-9,11,14,16,18H,10,13H2,1-3H3,(H,28,31)/t16-,18-/m0/s1. The number of aryl methyl sites for hydroxylation is 1. The Morgan fingerprint density at radius 2 is 2.03 bits per heavy atom. The van der Waals surface area contributed by atoms with Crippen LogP contribution in [-0.4, -0.2) is 43.1 Å². The number of imidazole rings is 1. The van der Waals surface area contributed by atoms with Gasteiger partial charge in [0, 0.05) is 18.3 Å². The number of hydrogen-bond donors (Lipinski definition) is 1. The number of rotatable bonds is 5. The smallest absolute Gasteiger partial charge is 0.163 e. The SMILES string of the molecule is CC(=O)c1ccc(-n2cnc3ccc(Nc4ccc(C)nn4)cc32)nc1N1C[C@H](C#N)C[C@@H]1C. The van der Waals surface area contributed by atoms with E-state index < -0.39 is 0 Å². The van der Waals surface area contributed by atoms with Crippen LogP contribution in [0.3, 0.4) is 0 Å². The van der Waals surface area contributed by atoms with Crippen molar-refractivity contribution in [1.29, 1.82) is 5.26 Å². The molecule has 5 rings (SSSR count). The average Bonchev–Trinajstić information content (AvgIpc) is 3.43. The summed E-state index contributed by atoms with van der Waals surface area (Å²) in [6, 6.07) is 15.7. The highest BCUT2D eigenvalue weighted by molar-refractivity contribution is 5.99. The number of nitriles is 1. The number of pyridine rings is 1. The molecule has 34 heavy (non-hydrogen) atoms. The minimum atomic E-state index is -0.0761. The molecule has 0 saturated carbocycles. The van der Waals surface area contributed by atoms with Gasteiger partial charge in [-0.15, -0.1) is 5.10 Å². The van der Waals surface area contributed by atoms with Crippen LogP contribution in [0.15, 0.2) is 48.8 Å². The van der Waals surface area contributed by atoms with Crippen LogP contribution in [0, 0.1) is 24.2 Å². The molecule has 1 aromatic carbocycles. The summed E-state index contributed by atoms with van der Waals surface area (Å²) in [6.07, 6.45) is 2.48. The molecule has 4 aromatic rings. The molecule has 2 atom stereocenters. The lowest BCUT2D eigenvalue weighted by Gasteiger charge is -2.25. The molecular weight excluding hydrogens is 428 g/mol. The number of benzene rings is 1. The van der Waals surface area contributed by atoms with Crippen LogP contribution >= 0.6 is 0 Å². The molecule has 9 heteroatoms. The summed E-state index contributed by atoms with van der Waals surface area (Å²) in [5.74, 6) is 1.79. The van der Waals surface area contributed by atoms with Gasteiger partial charge >= 0.3 is 0 Å². The normalized spacial score (nSPS) is 17.6. The molecule has 0 radical (unpaired) electrons. The molecular formula is C25H24N8O. The highest BCUT2D eigenvalue weighted by atomic mass is 16.1. The molecule has 1 N–H and O–H groups in total. The quantitative estimate of drug-likeness (QED) is 0.448.